The summed E-state index contributed by atoms with van der Waals surface area (Å²) < 4.78 is 5.18. The number of nitrogens with one attached hydrogen (secondary N) is 1. The number of alkyl halides is 1. The highest BCUT2D eigenvalue weighted by Crippen LogP contribution is 2.34. The van der Waals surface area contributed by atoms with Crippen LogP contribution >= 0.6 is 15.9 Å². The lowest BCUT2D eigenvalue weighted by atomic mass is 9.97. The smallest absolute Gasteiger partial charge is 0.224 e. The molecule has 3 rings (SSSR count). The summed E-state index contributed by atoms with van der Waals surface area (Å²) in [5.74, 6) is 0.951. The van der Waals surface area contributed by atoms with E-state index >= 15 is 0 Å². The van der Waals surface area contributed by atoms with E-state index in [0.29, 0.717) is 6.42 Å². The Morgan fingerprint density at radius 1 is 1.10 bits per heavy atom. The zero-order valence-corrected chi connectivity index (χ0v) is 13.3. The highest BCUT2D eigenvalue weighted by atomic mass is 79.9. The van der Waals surface area contributed by atoms with E-state index in [1.807, 2.05) is 24.3 Å². The molecule has 0 fully saturated rings. The van der Waals surface area contributed by atoms with Crippen molar-refractivity contribution in [1.82, 2.24) is 0 Å². The van der Waals surface area contributed by atoms with Gasteiger partial charge in [0.05, 0.1) is 11.9 Å². The molecule has 3 nitrogen and oxygen atoms in total. The minimum atomic E-state index is 0.0980. The molecule has 0 aliphatic carbocycles. The average Bonchev–Trinajstić information content (AvgIpc) is 2.53. The number of aryl methyl sites for hydroxylation is 1. The Bertz CT molecular complexity index is 667. The number of benzene rings is 2. The van der Waals surface area contributed by atoms with Gasteiger partial charge in [0.25, 0.3) is 0 Å². The van der Waals surface area contributed by atoms with E-state index in [9.17, 15) is 4.79 Å². The van der Waals surface area contributed by atoms with Gasteiger partial charge in [0.15, 0.2) is 0 Å². The molecule has 2 aromatic carbocycles. The summed E-state index contributed by atoms with van der Waals surface area (Å²) in [5, 5.41) is 2.91. The summed E-state index contributed by atoms with van der Waals surface area (Å²) in [7, 11) is 1.67. The fourth-order valence-electron chi connectivity index (χ4n) is 2.53. The fourth-order valence-corrected chi connectivity index (χ4v) is 3.12. The molecule has 1 aliphatic rings. The van der Waals surface area contributed by atoms with Gasteiger partial charge in [-0.15, -0.1) is 0 Å². The van der Waals surface area contributed by atoms with Gasteiger partial charge in [-0.05, 0) is 41.3 Å². The van der Waals surface area contributed by atoms with E-state index in [2.05, 4.69) is 39.4 Å². The number of ether oxygens (including phenoxy) is 1. The number of carbonyl (C=O) groups excluding carboxylic acids is 1. The first-order valence-corrected chi connectivity index (χ1v) is 7.79. The van der Waals surface area contributed by atoms with Crippen LogP contribution in [0.5, 0.6) is 5.75 Å². The summed E-state index contributed by atoms with van der Waals surface area (Å²) >= 11 is 3.75. The molecule has 2 aromatic rings. The Morgan fingerprint density at radius 3 is 2.52 bits per heavy atom. The largest absolute Gasteiger partial charge is 0.497 e. The van der Waals surface area contributed by atoms with Crippen molar-refractivity contribution in [1.29, 1.82) is 0 Å². The molecule has 1 aliphatic heterocycles. The normalized spacial score (nSPS) is 15.0. The van der Waals surface area contributed by atoms with Crippen molar-refractivity contribution in [3.05, 3.63) is 59.2 Å². The van der Waals surface area contributed by atoms with E-state index < -0.39 is 0 Å². The molecule has 0 spiro atoms. The van der Waals surface area contributed by atoms with Crippen molar-refractivity contribution >= 4 is 27.5 Å². The van der Waals surface area contributed by atoms with Gasteiger partial charge in [0.1, 0.15) is 5.75 Å². The van der Waals surface area contributed by atoms with Crippen LogP contribution in [0.4, 0.5) is 5.69 Å². The molecule has 21 heavy (non-hydrogen) atoms. The molecule has 1 heterocycles. The number of halogens is 1. The Labute approximate surface area is 132 Å². The molecule has 1 amide bonds. The second-order valence-corrected chi connectivity index (χ2v) is 6.02. The molecule has 1 N–H and O–H groups in total. The quantitative estimate of drug-likeness (QED) is 0.851. The maximum absolute atomic E-state index is 11.4. The summed E-state index contributed by atoms with van der Waals surface area (Å²) in [5.41, 5.74) is 4.50. The van der Waals surface area contributed by atoms with Crippen molar-refractivity contribution < 1.29 is 9.53 Å². The zero-order chi connectivity index (χ0) is 14.8. The molecule has 0 saturated carbocycles. The van der Waals surface area contributed by atoms with Gasteiger partial charge in [0, 0.05) is 12.1 Å². The van der Waals surface area contributed by atoms with Crippen LogP contribution in [0.3, 0.4) is 0 Å². The number of hydrogen-bond donors (Lipinski definition) is 1. The van der Waals surface area contributed by atoms with Gasteiger partial charge < -0.3 is 10.1 Å². The topological polar surface area (TPSA) is 38.3 Å². The zero-order valence-electron chi connectivity index (χ0n) is 11.7. The van der Waals surface area contributed by atoms with Crippen molar-refractivity contribution in [2.45, 2.75) is 17.7 Å². The van der Waals surface area contributed by atoms with E-state index in [-0.39, 0.29) is 10.7 Å². The van der Waals surface area contributed by atoms with Crippen LogP contribution in [0.1, 0.15) is 27.9 Å². The monoisotopic (exact) mass is 345 g/mol. The third-order valence-electron chi connectivity index (χ3n) is 3.73. The minimum absolute atomic E-state index is 0.0980. The molecule has 0 radical (unpaired) electrons. The Hall–Kier alpha value is -1.81. The van der Waals surface area contributed by atoms with Gasteiger partial charge in [0.2, 0.25) is 5.91 Å². The molecular weight excluding hydrogens is 330 g/mol. The average molecular weight is 346 g/mol. The van der Waals surface area contributed by atoms with Crippen LogP contribution in [0.15, 0.2) is 42.5 Å². The first-order chi connectivity index (χ1) is 10.2. The number of fused-ring (bicyclic) bond motifs is 1. The Morgan fingerprint density at radius 2 is 1.81 bits per heavy atom. The van der Waals surface area contributed by atoms with Crippen LogP contribution in [0, 0.1) is 0 Å². The van der Waals surface area contributed by atoms with Crippen LogP contribution in [-0.4, -0.2) is 13.0 Å². The molecule has 0 saturated heterocycles. The number of methoxy groups -OCH3 is 1. The Balaban J connectivity index is 1.87. The second kappa shape index (κ2) is 5.90. The predicted molar refractivity (Wildman–Crippen MR) is 87.2 cm³/mol. The summed E-state index contributed by atoms with van der Waals surface area (Å²) in [6.45, 7) is 0. The summed E-state index contributed by atoms with van der Waals surface area (Å²) in [6.07, 6.45) is 1.36. The van der Waals surface area contributed by atoms with Crippen molar-refractivity contribution in [2.24, 2.45) is 0 Å². The highest BCUT2D eigenvalue weighted by molar-refractivity contribution is 9.09. The lowest BCUT2D eigenvalue weighted by Crippen LogP contribution is -2.19. The Kier molecular flexibility index (Phi) is 3.97. The van der Waals surface area contributed by atoms with Gasteiger partial charge in [-0.2, -0.15) is 0 Å². The number of rotatable bonds is 3. The van der Waals surface area contributed by atoms with E-state index in [1.165, 1.54) is 16.7 Å². The lowest BCUT2D eigenvalue weighted by molar-refractivity contribution is -0.116. The first-order valence-electron chi connectivity index (χ1n) is 6.88. The van der Waals surface area contributed by atoms with Gasteiger partial charge >= 0.3 is 0 Å². The van der Waals surface area contributed by atoms with Gasteiger partial charge in [-0.1, -0.05) is 40.2 Å². The standard InChI is InChI=1S/C17H16BrNO2/c1-21-14-6-2-11(3-7-14)17(18)13-4-8-15-12(10-13)5-9-16(20)19-15/h2-4,6-8,10,17H,5,9H2,1H3,(H,19,20). The predicted octanol–water partition coefficient (Wildman–Crippen LogP) is 4.06. The van der Waals surface area contributed by atoms with Crippen molar-refractivity contribution in [2.75, 3.05) is 12.4 Å². The number of amides is 1. The molecule has 108 valence electrons. The van der Waals surface area contributed by atoms with Crippen molar-refractivity contribution in [3.63, 3.8) is 0 Å². The van der Waals surface area contributed by atoms with Crippen LogP contribution < -0.4 is 10.1 Å². The molecule has 0 aromatic heterocycles. The van der Waals surface area contributed by atoms with E-state index in [0.717, 1.165) is 17.9 Å². The van der Waals surface area contributed by atoms with E-state index in [4.69, 9.17) is 4.74 Å². The van der Waals surface area contributed by atoms with Gasteiger partial charge in [-0.25, -0.2) is 0 Å². The first kappa shape index (κ1) is 14.1. The molecule has 0 bridgehead atoms. The molecule has 1 atom stereocenters. The SMILES string of the molecule is COc1ccc(C(Br)c2ccc3c(c2)CCC(=O)N3)cc1. The van der Waals surface area contributed by atoms with Crippen molar-refractivity contribution in [3.8, 4) is 5.75 Å². The fraction of sp³-hybridized carbons (Fsp3) is 0.235. The summed E-state index contributed by atoms with van der Waals surface area (Å²) in [6, 6.07) is 14.2. The number of carbonyl (C=O) groups is 1. The van der Waals surface area contributed by atoms with Crippen LogP contribution in [-0.2, 0) is 11.2 Å². The lowest BCUT2D eigenvalue weighted by Gasteiger charge is -2.19. The molecular formula is C17H16BrNO2. The number of hydrogen-bond acceptors (Lipinski definition) is 2. The summed E-state index contributed by atoms with van der Waals surface area (Å²) in [4.78, 5) is 11.5. The van der Waals surface area contributed by atoms with E-state index in [1.54, 1.807) is 7.11 Å². The minimum Gasteiger partial charge on any atom is -0.497 e. The molecule has 1 unspecified atom stereocenters. The van der Waals surface area contributed by atoms with Gasteiger partial charge in [-0.3, -0.25) is 4.79 Å². The third kappa shape index (κ3) is 2.95. The third-order valence-corrected chi connectivity index (χ3v) is 4.78. The second-order valence-electron chi connectivity index (χ2n) is 5.10. The highest BCUT2D eigenvalue weighted by Gasteiger charge is 2.17. The maximum Gasteiger partial charge on any atom is 0.224 e. The number of anilines is 1. The van der Waals surface area contributed by atoms with Crippen LogP contribution in [0.2, 0.25) is 0 Å². The maximum atomic E-state index is 11.4. The van der Waals surface area contributed by atoms with Crippen LogP contribution in [0.25, 0.3) is 0 Å². The molecule has 4 heteroatoms.